The number of nitrogens with two attached hydrogens (primary N) is 1. The second-order valence-electron chi connectivity index (χ2n) is 7.06. The first-order valence-corrected chi connectivity index (χ1v) is 11.4. The van der Waals surface area contributed by atoms with Crippen LogP contribution in [0.2, 0.25) is 0 Å². The molecule has 4 amide bonds. The van der Waals surface area contributed by atoms with Crippen LogP contribution in [0.1, 0.15) is 80.1 Å². The van der Waals surface area contributed by atoms with Crippen molar-refractivity contribution in [3.63, 3.8) is 0 Å². The maximum Gasteiger partial charge on any atom is 0.235 e. The zero-order valence-electron chi connectivity index (χ0n) is 20.0. The van der Waals surface area contributed by atoms with Gasteiger partial charge in [0, 0.05) is 32.7 Å². The van der Waals surface area contributed by atoms with Gasteiger partial charge in [-0.3, -0.25) is 19.2 Å². The highest BCUT2D eigenvalue weighted by molar-refractivity contribution is 6.00. The SMILES string of the molecule is CCCCC(C(=O)N(CC)CC)C(=O)N(CC)CC.CCCCNC(=O)CC(N)=O. The summed E-state index contributed by atoms with van der Waals surface area (Å²) in [5.41, 5.74) is 4.80. The Morgan fingerprint density at radius 1 is 0.767 bits per heavy atom. The topological polar surface area (TPSA) is 113 Å². The van der Waals surface area contributed by atoms with Crippen LogP contribution in [0.25, 0.3) is 0 Å². The van der Waals surface area contributed by atoms with Gasteiger partial charge in [0.15, 0.2) is 0 Å². The third-order valence-corrected chi connectivity index (χ3v) is 4.78. The van der Waals surface area contributed by atoms with Crippen molar-refractivity contribution in [3.8, 4) is 0 Å². The molecule has 0 aliphatic rings. The fraction of sp³-hybridized carbons (Fsp3) is 0.818. The Bertz CT molecular complexity index is 479. The average Bonchev–Trinajstić information content (AvgIpc) is 2.70. The van der Waals surface area contributed by atoms with Crippen LogP contribution in [-0.2, 0) is 19.2 Å². The second-order valence-corrected chi connectivity index (χ2v) is 7.06. The van der Waals surface area contributed by atoms with Gasteiger partial charge in [-0.25, -0.2) is 0 Å². The van der Waals surface area contributed by atoms with Crippen molar-refractivity contribution in [2.75, 3.05) is 32.7 Å². The first-order valence-electron chi connectivity index (χ1n) is 11.4. The molecule has 0 saturated heterocycles. The van der Waals surface area contributed by atoms with Crippen LogP contribution in [0.15, 0.2) is 0 Å². The van der Waals surface area contributed by atoms with E-state index < -0.39 is 11.8 Å². The summed E-state index contributed by atoms with van der Waals surface area (Å²) in [5.74, 6) is -1.37. The standard InChI is InChI=1S/C15H30N2O2.C7H14N2O2/c1-6-11-12-13(14(18)16(7-2)8-3)15(19)17(9-4)10-5;1-2-3-4-9-7(11)5-6(8)10/h13H,6-12H2,1-5H3;2-5H2,1H3,(H2,8,10)(H,9,11). The predicted octanol–water partition coefficient (Wildman–Crippen LogP) is 2.31. The van der Waals surface area contributed by atoms with E-state index in [2.05, 4.69) is 12.2 Å². The van der Waals surface area contributed by atoms with Crippen molar-refractivity contribution in [2.24, 2.45) is 11.7 Å². The summed E-state index contributed by atoms with van der Waals surface area (Å²) in [5, 5.41) is 2.58. The van der Waals surface area contributed by atoms with Crippen LogP contribution in [0.3, 0.4) is 0 Å². The van der Waals surface area contributed by atoms with E-state index in [1.165, 1.54) is 0 Å². The highest BCUT2D eigenvalue weighted by Gasteiger charge is 2.31. The zero-order chi connectivity index (χ0) is 23.5. The molecule has 3 N–H and O–H groups in total. The highest BCUT2D eigenvalue weighted by Crippen LogP contribution is 2.16. The molecule has 0 fully saturated rings. The number of carbonyl (C=O) groups excluding carboxylic acids is 4. The fourth-order valence-electron chi connectivity index (χ4n) is 2.90. The van der Waals surface area contributed by atoms with Crippen LogP contribution in [0.5, 0.6) is 0 Å². The van der Waals surface area contributed by atoms with E-state index in [4.69, 9.17) is 5.73 Å². The number of rotatable bonds is 14. The second kappa shape index (κ2) is 18.9. The minimum Gasteiger partial charge on any atom is -0.369 e. The van der Waals surface area contributed by atoms with Crippen molar-refractivity contribution in [3.05, 3.63) is 0 Å². The summed E-state index contributed by atoms with van der Waals surface area (Å²) in [6, 6.07) is 0. The van der Waals surface area contributed by atoms with E-state index >= 15 is 0 Å². The normalized spacial score (nSPS) is 10.1. The van der Waals surface area contributed by atoms with E-state index in [0.717, 1.165) is 25.7 Å². The third kappa shape index (κ3) is 13.2. The molecule has 0 unspecified atom stereocenters. The quantitative estimate of drug-likeness (QED) is 0.326. The molecule has 0 heterocycles. The largest absolute Gasteiger partial charge is 0.369 e. The molecule has 0 atom stereocenters. The van der Waals surface area contributed by atoms with Gasteiger partial charge in [-0.2, -0.15) is 0 Å². The minimum absolute atomic E-state index is 0.00431. The number of nitrogens with zero attached hydrogens (tertiary/aromatic N) is 2. The molecule has 0 aromatic rings. The van der Waals surface area contributed by atoms with E-state index in [0.29, 0.717) is 39.1 Å². The van der Waals surface area contributed by atoms with Gasteiger partial charge in [0.1, 0.15) is 12.3 Å². The summed E-state index contributed by atoms with van der Waals surface area (Å²) in [6.07, 6.45) is 4.35. The van der Waals surface area contributed by atoms with Gasteiger partial charge in [0.2, 0.25) is 23.6 Å². The number of hydrogen-bond acceptors (Lipinski definition) is 4. The molecule has 0 aromatic heterocycles. The molecule has 0 aromatic carbocycles. The first kappa shape index (κ1) is 30.1. The van der Waals surface area contributed by atoms with E-state index in [9.17, 15) is 19.2 Å². The molecule has 30 heavy (non-hydrogen) atoms. The molecular weight excluding hydrogens is 384 g/mol. The number of nitrogens with one attached hydrogen (secondary N) is 1. The first-order chi connectivity index (χ1) is 14.2. The fourth-order valence-corrected chi connectivity index (χ4v) is 2.90. The highest BCUT2D eigenvalue weighted by atomic mass is 16.2. The predicted molar refractivity (Wildman–Crippen MR) is 121 cm³/mol. The average molecular weight is 429 g/mol. The maximum absolute atomic E-state index is 12.5. The Hall–Kier alpha value is -2.12. The number of primary amides is 1. The molecule has 0 saturated carbocycles. The molecule has 176 valence electrons. The van der Waals surface area contributed by atoms with Gasteiger partial charge < -0.3 is 20.9 Å². The maximum atomic E-state index is 12.5. The van der Waals surface area contributed by atoms with Crippen LogP contribution in [-0.4, -0.2) is 66.2 Å². The van der Waals surface area contributed by atoms with E-state index in [1.54, 1.807) is 9.80 Å². The zero-order valence-corrected chi connectivity index (χ0v) is 20.0. The third-order valence-electron chi connectivity index (χ3n) is 4.78. The van der Waals surface area contributed by atoms with Crippen molar-refractivity contribution < 1.29 is 19.2 Å². The minimum atomic E-state index is -0.584. The Kier molecular flexibility index (Phi) is 18.9. The summed E-state index contributed by atoms with van der Waals surface area (Å²) in [7, 11) is 0. The van der Waals surface area contributed by atoms with Crippen molar-refractivity contribution in [2.45, 2.75) is 80.1 Å². The Balaban J connectivity index is 0. The molecule has 0 bridgehead atoms. The molecule has 0 spiro atoms. The monoisotopic (exact) mass is 428 g/mol. The number of unbranched alkanes of at least 4 members (excludes halogenated alkanes) is 2. The molecular formula is C22H44N4O4. The van der Waals surface area contributed by atoms with E-state index in [1.807, 2.05) is 34.6 Å². The Morgan fingerprint density at radius 2 is 1.20 bits per heavy atom. The van der Waals surface area contributed by atoms with Crippen LogP contribution in [0.4, 0.5) is 0 Å². The van der Waals surface area contributed by atoms with Gasteiger partial charge in [-0.15, -0.1) is 0 Å². The van der Waals surface area contributed by atoms with Gasteiger partial charge in [-0.05, 0) is 40.5 Å². The lowest BCUT2D eigenvalue weighted by atomic mass is 9.98. The molecule has 0 aliphatic carbocycles. The Labute approximate surface area is 182 Å². The van der Waals surface area contributed by atoms with Gasteiger partial charge in [0.05, 0.1) is 0 Å². The van der Waals surface area contributed by atoms with Crippen molar-refractivity contribution in [1.82, 2.24) is 15.1 Å². The summed E-state index contributed by atoms with van der Waals surface area (Å²) >= 11 is 0. The number of hydrogen-bond donors (Lipinski definition) is 2. The molecule has 0 aliphatic heterocycles. The summed E-state index contributed by atoms with van der Waals surface area (Å²) in [4.78, 5) is 49.4. The smallest absolute Gasteiger partial charge is 0.235 e. The summed E-state index contributed by atoms with van der Waals surface area (Å²) < 4.78 is 0. The van der Waals surface area contributed by atoms with Crippen molar-refractivity contribution >= 4 is 23.6 Å². The van der Waals surface area contributed by atoms with Gasteiger partial charge in [0.25, 0.3) is 0 Å². The molecule has 8 heteroatoms. The molecule has 0 rings (SSSR count). The van der Waals surface area contributed by atoms with Gasteiger partial charge >= 0.3 is 0 Å². The van der Waals surface area contributed by atoms with Crippen LogP contribution in [0, 0.1) is 5.92 Å². The van der Waals surface area contributed by atoms with Gasteiger partial charge in [-0.1, -0.05) is 33.1 Å². The molecule has 8 nitrogen and oxygen atoms in total. The lowest BCUT2D eigenvalue weighted by molar-refractivity contribution is -0.147. The molecule has 0 radical (unpaired) electrons. The lowest BCUT2D eigenvalue weighted by Gasteiger charge is -2.28. The van der Waals surface area contributed by atoms with Crippen LogP contribution < -0.4 is 11.1 Å². The Morgan fingerprint density at radius 3 is 1.53 bits per heavy atom. The number of amides is 4. The van der Waals surface area contributed by atoms with Crippen molar-refractivity contribution in [1.29, 1.82) is 0 Å². The van der Waals surface area contributed by atoms with E-state index in [-0.39, 0.29) is 24.1 Å². The van der Waals surface area contributed by atoms with Crippen LogP contribution >= 0.6 is 0 Å². The lowest BCUT2D eigenvalue weighted by Crippen LogP contribution is -2.45. The summed E-state index contributed by atoms with van der Waals surface area (Å²) in [6.45, 7) is 15.3. The number of carbonyl (C=O) groups is 4.